The lowest BCUT2D eigenvalue weighted by atomic mass is 9.94. The molecule has 3 aliphatic heterocycles. The van der Waals surface area contributed by atoms with Crippen molar-refractivity contribution >= 4 is 15.9 Å². The molecule has 1 aromatic carbocycles. The summed E-state index contributed by atoms with van der Waals surface area (Å²) in [5.41, 5.74) is 0.812. The Morgan fingerprint density at radius 3 is 2.10 bits per heavy atom. The minimum absolute atomic E-state index is 0.0264. The molecule has 6 nitrogen and oxygen atoms in total. The maximum absolute atomic E-state index is 13.0. The summed E-state index contributed by atoms with van der Waals surface area (Å²) in [5, 5.41) is 0. The van der Waals surface area contributed by atoms with E-state index in [4.69, 9.17) is 0 Å². The first-order valence-electron chi connectivity index (χ1n) is 11.1. The molecule has 0 saturated carbocycles. The molecule has 0 aromatic heterocycles. The summed E-state index contributed by atoms with van der Waals surface area (Å²) in [6.45, 7) is 5.05. The molecular formula is C22H33N3O3S. The van der Waals surface area contributed by atoms with Crippen molar-refractivity contribution < 1.29 is 13.2 Å². The molecule has 0 aliphatic carbocycles. The van der Waals surface area contributed by atoms with Crippen molar-refractivity contribution in [2.45, 2.75) is 50.3 Å². The van der Waals surface area contributed by atoms with Gasteiger partial charge in [0, 0.05) is 38.1 Å². The van der Waals surface area contributed by atoms with Gasteiger partial charge in [-0.05, 0) is 57.2 Å². The van der Waals surface area contributed by atoms with Crippen molar-refractivity contribution in [1.82, 2.24) is 14.1 Å². The second kappa shape index (κ2) is 9.14. The standard InChI is InChI=1S/C22H33N3O3S/c26-22(24-14-10-21(11-15-24)23-12-4-5-13-23)20-8-16-25(17-9-20)29(27,28)18-19-6-2-1-3-7-19/h1-3,6-7,20-21H,4-5,8-18H2. The van der Waals surface area contributed by atoms with E-state index in [2.05, 4.69) is 4.90 Å². The van der Waals surface area contributed by atoms with E-state index in [0.717, 1.165) is 31.5 Å². The number of piperidine rings is 2. The van der Waals surface area contributed by atoms with E-state index in [1.807, 2.05) is 35.2 Å². The number of hydrogen-bond acceptors (Lipinski definition) is 4. The first kappa shape index (κ1) is 20.8. The van der Waals surface area contributed by atoms with Crippen molar-refractivity contribution in [1.29, 1.82) is 0 Å². The number of nitrogens with zero attached hydrogens (tertiary/aromatic N) is 3. The van der Waals surface area contributed by atoms with E-state index in [0.29, 0.717) is 32.0 Å². The maximum Gasteiger partial charge on any atom is 0.225 e. The number of benzene rings is 1. The van der Waals surface area contributed by atoms with E-state index in [1.54, 1.807) is 4.31 Å². The molecular weight excluding hydrogens is 386 g/mol. The number of hydrogen-bond donors (Lipinski definition) is 0. The van der Waals surface area contributed by atoms with Crippen LogP contribution in [0.4, 0.5) is 0 Å². The van der Waals surface area contributed by atoms with E-state index in [1.165, 1.54) is 25.9 Å². The van der Waals surface area contributed by atoms with Gasteiger partial charge in [-0.3, -0.25) is 4.79 Å². The molecule has 0 bridgehead atoms. The van der Waals surface area contributed by atoms with Gasteiger partial charge in [-0.15, -0.1) is 0 Å². The van der Waals surface area contributed by atoms with Crippen molar-refractivity contribution in [3.05, 3.63) is 35.9 Å². The van der Waals surface area contributed by atoms with Crippen LogP contribution in [0.1, 0.15) is 44.1 Å². The Balaban J connectivity index is 1.25. The van der Waals surface area contributed by atoms with Gasteiger partial charge in [0.15, 0.2) is 0 Å². The smallest absolute Gasteiger partial charge is 0.225 e. The van der Waals surface area contributed by atoms with Crippen LogP contribution in [-0.2, 0) is 20.6 Å². The highest BCUT2D eigenvalue weighted by Crippen LogP contribution is 2.26. The lowest BCUT2D eigenvalue weighted by Gasteiger charge is -2.39. The Labute approximate surface area is 174 Å². The molecule has 0 N–H and O–H groups in total. The van der Waals surface area contributed by atoms with E-state index < -0.39 is 10.0 Å². The zero-order valence-corrected chi connectivity index (χ0v) is 18.0. The van der Waals surface area contributed by atoms with E-state index in [9.17, 15) is 13.2 Å². The lowest BCUT2D eigenvalue weighted by molar-refractivity contribution is -0.138. The first-order chi connectivity index (χ1) is 14.0. The average Bonchev–Trinajstić information content (AvgIpc) is 3.29. The van der Waals surface area contributed by atoms with Crippen molar-refractivity contribution in [2.24, 2.45) is 5.92 Å². The summed E-state index contributed by atoms with van der Waals surface area (Å²) in [5.74, 6) is 0.253. The van der Waals surface area contributed by atoms with Gasteiger partial charge in [0.05, 0.1) is 5.75 Å². The van der Waals surface area contributed by atoms with Gasteiger partial charge in [-0.1, -0.05) is 30.3 Å². The van der Waals surface area contributed by atoms with Gasteiger partial charge in [0.1, 0.15) is 0 Å². The number of carbonyl (C=O) groups excluding carboxylic acids is 1. The highest BCUT2D eigenvalue weighted by molar-refractivity contribution is 7.88. The third-order valence-electron chi connectivity index (χ3n) is 6.82. The highest BCUT2D eigenvalue weighted by atomic mass is 32.2. The normalized spacial score (nSPS) is 23.5. The predicted octanol–water partition coefficient (Wildman–Crippen LogP) is 2.32. The molecule has 0 radical (unpaired) electrons. The summed E-state index contributed by atoms with van der Waals surface area (Å²) < 4.78 is 27.0. The Morgan fingerprint density at radius 1 is 0.862 bits per heavy atom. The zero-order chi connectivity index (χ0) is 20.3. The maximum atomic E-state index is 13.0. The van der Waals surface area contributed by atoms with E-state index in [-0.39, 0.29) is 17.6 Å². The topological polar surface area (TPSA) is 60.9 Å². The van der Waals surface area contributed by atoms with E-state index >= 15 is 0 Å². The van der Waals surface area contributed by atoms with Crippen LogP contribution in [0.3, 0.4) is 0 Å². The average molecular weight is 420 g/mol. The molecule has 3 heterocycles. The Morgan fingerprint density at radius 2 is 1.48 bits per heavy atom. The third kappa shape index (κ3) is 5.01. The minimum Gasteiger partial charge on any atom is -0.342 e. The first-order valence-corrected chi connectivity index (χ1v) is 12.7. The Kier molecular flexibility index (Phi) is 6.56. The zero-order valence-electron chi connectivity index (χ0n) is 17.2. The van der Waals surface area contributed by atoms with Crippen LogP contribution < -0.4 is 0 Å². The number of amides is 1. The molecule has 29 heavy (non-hydrogen) atoms. The number of likely N-dealkylation sites (tertiary alicyclic amines) is 2. The van der Waals surface area contributed by atoms with Gasteiger partial charge in [0.25, 0.3) is 0 Å². The van der Waals surface area contributed by atoms with Crippen LogP contribution in [0.15, 0.2) is 30.3 Å². The Bertz CT molecular complexity index is 777. The summed E-state index contributed by atoms with van der Waals surface area (Å²) in [6, 6.07) is 9.96. The molecule has 7 heteroatoms. The molecule has 3 fully saturated rings. The highest BCUT2D eigenvalue weighted by Gasteiger charge is 2.35. The molecule has 1 aromatic rings. The molecule has 160 valence electrons. The summed E-state index contributed by atoms with van der Waals surface area (Å²) in [7, 11) is -3.32. The monoisotopic (exact) mass is 419 g/mol. The fraction of sp³-hybridized carbons (Fsp3) is 0.682. The quantitative estimate of drug-likeness (QED) is 0.735. The molecule has 3 saturated heterocycles. The van der Waals surface area contributed by atoms with Crippen LogP contribution in [0.25, 0.3) is 0 Å². The summed E-state index contributed by atoms with van der Waals surface area (Å²) in [6.07, 6.45) is 6.06. The van der Waals surface area contributed by atoms with Gasteiger partial charge < -0.3 is 9.80 Å². The van der Waals surface area contributed by atoms with Gasteiger partial charge >= 0.3 is 0 Å². The van der Waals surface area contributed by atoms with Crippen molar-refractivity contribution in [3.63, 3.8) is 0 Å². The molecule has 0 atom stereocenters. The SMILES string of the molecule is O=C(C1CCN(S(=O)(=O)Cc2ccccc2)CC1)N1CCC(N2CCCC2)CC1. The molecule has 0 spiro atoms. The second-order valence-corrected chi connectivity index (χ2v) is 10.7. The van der Waals surface area contributed by atoms with Crippen LogP contribution in [-0.4, -0.2) is 73.7 Å². The third-order valence-corrected chi connectivity index (χ3v) is 8.67. The summed E-state index contributed by atoms with van der Waals surface area (Å²) >= 11 is 0. The number of carbonyl (C=O) groups is 1. The van der Waals surface area contributed by atoms with Crippen molar-refractivity contribution in [2.75, 3.05) is 39.3 Å². The fourth-order valence-corrected chi connectivity index (χ4v) is 6.64. The molecule has 1 amide bonds. The van der Waals surface area contributed by atoms with Crippen LogP contribution in [0, 0.1) is 5.92 Å². The second-order valence-electron chi connectivity index (χ2n) is 8.71. The van der Waals surface area contributed by atoms with Gasteiger partial charge in [-0.25, -0.2) is 12.7 Å². The molecule has 0 unspecified atom stereocenters. The van der Waals surface area contributed by atoms with Crippen LogP contribution in [0.5, 0.6) is 0 Å². The number of sulfonamides is 1. The molecule has 4 rings (SSSR count). The van der Waals surface area contributed by atoms with Gasteiger partial charge in [0.2, 0.25) is 15.9 Å². The van der Waals surface area contributed by atoms with Crippen LogP contribution in [0.2, 0.25) is 0 Å². The van der Waals surface area contributed by atoms with Crippen molar-refractivity contribution in [3.8, 4) is 0 Å². The summed E-state index contributed by atoms with van der Waals surface area (Å²) in [4.78, 5) is 17.6. The van der Waals surface area contributed by atoms with Crippen LogP contribution >= 0.6 is 0 Å². The van der Waals surface area contributed by atoms with Gasteiger partial charge in [-0.2, -0.15) is 0 Å². The number of rotatable bonds is 5. The lowest BCUT2D eigenvalue weighted by Crippen LogP contribution is -2.49. The minimum atomic E-state index is -3.32. The Hall–Kier alpha value is -1.44. The predicted molar refractivity (Wildman–Crippen MR) is 114 cm³/mol. The largest absolute Gasteiger partial charge is 0.342 e. The molecule has 3 aliphatic rings. The fourth-order valence-electron chi connectivity index (χ4n) is 5.07.